The van der Waals surface area contributed by atoms with Gasteiger partial charge in [-0.05, 0) is 30.5 Å². The Labute approximate surface area is 176 Å². The van der Waals surface area contributed by atoms with Gasteiger partial charge in [-0.3, -0.25) is 9.11 Å². The van der Waals surface area contributed by atoms with Gasteiger partial charge in [0.2, 0.25) is 0 Å². The van der Waals surface area contributed by atoms with E-state index in [4.69, 9.17) is 17.5 Å². The van der Waals surface area contributed by atoms with Crippen LogP contribution >= 0.6 is 0 Å². The number of benzene rings is 1. The first-order valence-corrected chi connectivity index (χ1v) is 10.2. The molecule has 0 aliphatic rings. The smallest absolute Gasteiger partial charge is 1.00 e. The van der Waals surface area contributed by atoms with E-state index < -0.39 is 10.4 Å². The zero-order valence-electron chi connectivity index (χ0n) is 16.7. The molecule has 142 valence electrons. The van der Waals surface area contributed by atoms with E-state index in [0.717, 1.165) is 6.42 Å². The van der Waals surface area contributed by atoms with Crippen molar-refractivity contribution in [2.45, 2.75) is 77.6 Å². The van der Waals surface area contributed by atoms with Crippen molar-refractivity contribution in [1.82, 2.24) is 0 Å². The van der Waals surface area contributed by atoms with Crippen molar-refractivity contribution >= 4 is 10.4 Å². The van der Waals surface area contributed by atoms with Crippen molar-refractivity contribution in [3.63, 3.8) is 0 Å². The summed E-state index contributed by atoms with van der Waals surface area (Å²) in [6.07, 6.45) is 15.0. The molecule has 0 atom stereocenters. The standard InChI is InChI=1S/C18H30O.Na.H2O4S.H/c1-2-3-4-5-6-7-8-9-10-11-12-17-13-15-18(19)16-14-17;;1-5(2,3)4;/h13-16,19H,2-12H2,1H3;;(H2,1,2,3,4);/q;+1;;-1. The normalized spacial score (nSPS) is 10.5. The van der Waals surface area contributed by atoms with E-state index in [-0.39, 0.29) is 31.0 Å². The van der Waals surface area contributed by atoms with Crippen molar-refractivity contribution in [1.29, 1.82) is 0 Å². The topological polar surface area (TPSA) is 94.8 Å². The summed E-state index contributed by atoms with van der Waals surface area (Å²) in [6, 6.07) is 7.63. The van der Waals surface area contributed by atoms with E-state index in [1.54, 1.807) is 12.1 Å². The molecule has 5 nitrogen and oxygen atoms in total. The summed E-state index contributed by atoms with van der Waals surface area (Å²) in [4.78, 5) is 0. The fourth-order valence-corrected chi connectivity index (χ4v) is 2.48. The fraction of sp³-hybridized carbons (Fsp3) is 0.667. The molecule has 0 fully saturated rings. The predicted molar refractivity (Wildman–Crippen MR) is 98.9 cm³/mol. The van der Waals surface area contributed by atoms with Crippen molar-refractivity contribution in [3.8, 4) is 5.75 Å². The summed E-state index contributed by atoms with van der Waals surface area (Å²) < 4.78 is 31.6. The average molecular weight is 385 g/mol. The molecule has 0 spiro atoms. The zero-order valence-corrected chi connectivity index (χ0v) is 18.5. The van der Waals surface area contributed by atoms with Crippen LogP contribution in [0.25, 0.3) is 0 Å². The second kappa shape index (κ2) is 17.3. The van der Waals surface area contributed by atoms with Gasteiger partial charge in [0.25, 0.3) is 0 Å². The zero-order chi connectivity index (χ0) is 18.3. The molecule has 0 aliphatic carbocycles. The van der Waals surface area contributed by atoms with E-state index in [1.165, 1.54) is 69.8 Å². The molecule has 1 rings (SSSR count). The van der Waals surface area contributed by atoms with Gasteiger partial charge in [-0.1, -0.05) is 76.8 Å². The second-order valence-electron chi connectivity index (χ2n) is 6.05. The molecule has 0 unspecified atom stereocenters. The largest absolute Gasteiger partial charge is 1.00 e. The minimum atomic E-state index is -4.67. The van der Waals surface area contributed by atoms with E-state index in [2.05, 4.69) is 6.92 Å². The Morgan fingerprint density at radius 1 is 0.800 bits per heavy atom. The Morgan fingerprint density at radius 3 is 1.56 bits per heavy atom. The number of phenols is 1. The van der Waals surface area contributed by atoms with E-state index in [9.17, 15) is 5.11 Å². The molecular weight excluding hydrogens is 351 g/mol. The minimum Gasteiger partial charge on any atom is -1.00 e. The van der Waals surface area contributed by atoms with E-state index in [0.29, 0.717) is 5.75 Å². The molecule has 0 aliphatic heterocycles. The van der Waals surface area contributed by atoms with Crippen LogP contribution < -0.4 is 29.6 Å². The van der Waals surface area contributed by atoms with E-state index in [1.807, 2.05) is 12.1 Å². The van der Waals surface area contributed by atoms with Gasteiger partial charge in [-0.2, -0.15) is 8.42 Å². The summed E-state index contributed by atoms with van der Waals surface area (Å²) >= 11 is 0. The minimum absolute atomic E-state index is 0. The summed E-state index contributed by atoms with van der Waals surface area (Å²) in [5.74, 6) is 0.367. The Kier molecular flexibility index (Phi) is 18.8. The molecule has 1 aromatic carbocycles. The molecule has 0 amide bonds. The van der Waals surface area contributed by atoms with Gasteiger partial charge in [0.15, 0.2) is 0 Å². The van der Waals surface area contributed by atoms with Crippen LogP contribution in [-0.4, -0.2) is 22.6 Å². The van der Waals surface area contributed by atoms with Crippen LogP contribution in [0, 0.1) is 0 Å². The van der Waals surface area contributed by atoms with Gasteiger partial charge in [0, 0.05) is 0 Å². The molecule has 3 N–H and O–H groups in total. The van der Waals surface area contributed by atoms with Crippen LogP contribution in [0.15, 0.2) is 24.3 Å². The first kappa shape index (κ1) is 27.1. The first-order valence-electron chi connectivity index (χ1n) is 8.80. The Balaban J connectivity index is -0.000000668. The van der Waals surface area contributed by atoms with Crippen molar-refractivity contribution in [2.75, 3.05) is 0 Å². The SMILES string of the molecule is CCCCCCCCCCCCc1ccc(O)cc1.O=S(=O)(O)O.[H-].[Na+]. The maximum absolute atomic E-state index is 9.20. The maximum Gasteiger partial charge on any atom is 1.00 e. The molecule has 0 saturated carbocycles. The van der Waals surface area contributed by atoms with Gasteiger partial charge < -0.3 is 6.53 Å². The predicted octanol–water partition coefficient (Wildman–Crippen LogP) is 2.32. The average Bonchev–Trinajstić information content (AvgIpc) is 2.49. The third kappa shape index (κ3) is 23.9. The molecule has 0 radical (unpaired) electrons. The molecule has 25 heavy (non-hydrogen) atoms. The third-order valence-corrected chi connectivity index (χ3v) is 3.76. The third-order valence-electron chi connectivity index (χ3n) is 3.76. The summed E-state index contributed by atoms with van der Waals surface area (Å²) in [6.45, 7) is 2.27. The van der Waals surface area contributed by atoms with Crippen LogP contribution in [0.2, 0.25) is 0 Å². The number of hydrogen-bond acceptors (Lipinski definition) is 3. The molecule has 0 bridgehead atoms. The number of unbranched alkanes of at least 4 members (excludes halogenated alkanes) is 9. The first-order chi connectivity index (χ1) is 11.3. The molecule has 0 heterocycles. The number of aryl methyl sites for hydroxylation is 1. The van der Waals surface area contributed by atoms with Gasteiger partial charge in [0.1, 0.15) is 5.75 Å². The number of phenolic OH excluding ortho intramolecular Hbond substituents is 1. The van der Waals surface area contributed by atoms with Crippen LogP contribution in [0.3, 0.4) is 0 Å². The molecule has 1 aromatic rings. The summed E-state index contributed by atoms with van der Waals surface area (Å²) in [5.41, 5.74) is 1.34. The molecule has 7 heteroatoms. The van der Waals surface area contributed by atoms with Crippen LogP contribution in [0.1, 0.15) is 78.1 Å². The van der Waals surface area contributed by atoms with Crippen molar-refractivity contribution in [3.05, 3.63) is 29.8 Å². The monoisotopic (exact) mass is 384 g/mol. The van der Waals surface area contributed by atoms with Crippen LogP contribution in [-0.2, 0) is 16.8 Å². The summed E-state index contributed by atoms with van der Waals surface area (Å²) in [7, 11) is -4.67. The quantitative estimate of drug-likeness (QED) is 0.309. The number of hydrogen-bond donors (Lipinski definition) is 3. The fourth-order valence-electron chi connectivity index (χ4n) is 2.48. The van der Waals surface area contributed by atoms with Crippen molar-refractivity contribution in [2.24, 2.45) is 0 Å². The molecule has 0 saturated heterocycles. The number of rotatable bonds is 11. The van der Waals surface area contributed by atoms with Crippen molar-refractivity contribution < 1.29 is 53.6 Å². The van der Waals surface area contributed by atoms with Gasteiger partial charge in [0.05, 0.1) is 0 Å². The molecular formula is C18H33NaO5S. The van der Waals surface area contributed by atoms with Gasteiger partial charge in [-0.15, -0.1) is 0 Å². The number of aromatic hydroxyl groups is 1. The Hall–Kier alpha value is -0.110. The van der Waals surface area contributed by atoms with Gasteiger partial charge in [-0.25, -0.2) is 0 Å². The van der Waals surface area contributed by atoms with E-state index >= 15 is 0 Å². The Bertz CT molecular complexity index is 501. The van der Waals surface area contributed by atoms with Crippen LogP contribution in [0.5, 0.6) is 5.75 Å². The van der Waals surface area contributed by atoms with Gasteiger partial charge >= 0.3 is 40.0 Å². The summed E-state index contributed by atoms with van der Waals surface area (Å²) in [5, 5.41) is 9.20. The molecule has 0 aromatic heterocycles. The maximum atomic E-state index is 9.20. The Morgan fingerprint density at radius 2 is 1.16 bits per heavy atom. The second-order valence-corrected chi connectivity index (χ2v) is 6.94. The van der Waals surface area contributed by atoms with Crippen LogP contribution in [0.4, 0.5) is 0 Å².